The fraction of sp³-hybridized carbons (Fsp3) is 0.333. The Morgan fingerprint density at radius 2 is 2.18 bits per heavy atom. The summed E-state index contributed by atoms with van der Waals surface area (Å²) in [5, 5.41) is 0. The fourth-order valence-corrected chi connectivity index (χ4v) is 2.21. The first-order chi connectivity index (χ1) is 5.04. The van der Waals surface area contributed by atoms with Crippen LogP contribution < -0.4 is 0 Å². The highest BCUT2D eigenvalue weighted by atomic mass is 31.2. The summed E-state index contributed by atoms with van der Waals surface area (Å²) >= 11 is 0. The van der Waals surface area contributed by atoms with Crippen LogP contribution in [0.1, 0.15) is 13.8 Å². The van der Waals surface area contributed by atoms with Crippen LogP contribution >= 0.6 is 7.60 Å². The highest BCUT2D eigenvalue weighted by Crippen LogP contribution is 2.49. The molecule has 0 saturated carbocycles. The smallest absolute Gasteiger partial charge is 0.392 e. The van der Waals surface area contributed by atoms with Gasteiger partial charge in [-0.05, 0) is 13.8 Å². The predicted molar refractivity (Wildman–Crippen MR) is 49.3 cm³/mol. The van der Waals surface area contributed by atoms with Crippen molar-refractivity contribution in [1.29, 1.82) is 0 Å². The lowest BCUT2D eigenvalue weighted by atomic mass is 10.4. The lowest BCUT2D eigenvalue weighted by Crippen LogP contribution is -1.84. The topological polar surface area (TPSA) is 35.5 Å². The van der Waals surface area contributed by atoms with Crippen molar-refractivity contribution in [2.45, 2.75) is 13.8 Å². The van der Waals surface area contributed by atoms with E-state index in [0.717, 1.165) is 11.8 Å². The number of hydrogen-bond acceptors (Lipinski definition) is 3. The van der Waals surface area contributed by atoms with Crippen LogP contribution in [0.25, 0.3) is 0 Å². The Morgan fingerprint density at radius 1 is 1.64 bits per heavy atom. The Kier molecular flexibility index (Phi) is 4.41. The fourth-order valence-electron chi connectivity index (χ4n) is 0.546. The van der Waals surface area contributed by atoms with Crippen LogP contribution in [0, 0.1) is 0 Å². The van der Waals surface area contributed by atoms with Gasteiger partial charge in [0.2, 0.25) is 0 Å². The average Bonchev–Trinajstić information content (AvgIpc) is 1.87. The molecule has 5 heteroatoms. The van der Waals surface area contributed by atoms with Crippen molar-refractivity contribution in [3.8, 4) is 0 Å². The summed E-state index contributed by atoms with van der Waals surface area (Å²) in [5.74, 6) is 1.49. The molecule has 1 atom stereocenters. The lowest BCUT2D eigenvalue weighted by Gasteiger charge is -2.10. The van der Waals surface area contributed by atoms with Gasteiger partial charge >= 0.3 is 7.60 Å². The van der Waals surface area contributed by atoms with Crippen LogP contribution in [0.4, 0.5) is 0 Å². The second-order valence-electron chi connectivity index (χ2n) is 2.20. The van der Waals surface area contributed by atoms with E-state index in [4.69, 9.17) is 8.74 Å². The van der Waals surface area contributed by atoms with E-state index in [9.17, 15) is 4.57 Å². The zero-order valence-electron chi connectivity index (χ0n) is 7.03. The summed E-state index contributed by atoms with van der Waals surface area (Å²) in [5.41, 5.74) is 0.908. The Morgan fingerprint density at radius 3 is 2.45 bits per heavy atom. The van der Waals surface area contributed by atoms with Crippen molar-refractivity contribution >= 4 is 18.1 Å². The largest absolute Gasteiger partial charge is 0.431 e. The van der Waals surface area contributed by atoms with Crippen molar-refractivity contribution in [1.82, 2.24) is 0 Å². The minimum Gasteiger partial charge on any atom is -0.431 e. The van der Waals surface area contributed by atoms with Gasteiger partial charge in [0.25, 0.3) is 0 Å². The van der Waals surface area contributed by atoms with Crippen LogP contribution in [-0.4, -0.2) is 10.5 Å². The van der Waals surface area contributed by atoms with Gasteiger partial charge in [0.15, 0.2) is 10.5 Å². The summed E-state index contributed by atoms with van der Waals surface area (Å²) in [6.45, 7) is 6.98. The summed E-state index contributed by atoms with van der Waals surface area (Å²) in [6.07, 6.45) is 1.14. The number of hydrogen-bond donors (Lipinski definition) is 0. The van der Waals surface area contributed by atoms with Crippen LogP contribution in [0.15, 0.2) is 24.2 Å². The zero-order chi connectivity index (χ0) is 8.91. The second-order valence-corrected chi connectivity index (χ2v) is 5.21. The Balaban J connectivity index is 4.47. The standard InChI is InChI=1S/C6H13O3PSi/c1-4-8-10(7,9-11)5-6(2)3/h4-5H,1H2,2-3,11H3. The molecule has 11 heavy (non-hydrogen) atoms. The van der Waals surface area contributed by atoms with Crippen LogP contribution in [0.3, 0.4) is 0 Å². The molecule has 0 bridgehead atoms. The van der Waals surface area contributed by atoms with Crippen molar-refractivity contribution in [3.63, 3.8) is 0 Å². The Labute approximate surface area is 70.2 Å². The first-order valence-corrected chi connectivity index (χ1v) is 5.58. The van der Waals surface area contributed by atoms with E-state index in [2.05, 4.69) is 6.58 Å². The molecular formula is C6H13O3PSi. The van der Waals surface area contributed by atoms with Crippen molar-refractivity contribution in [3.05, 3.63) is 24.2 Å². The van der Waals surface area contributed by atoms with Gasteiger partial charge in [0, 0.05) is 5.82 Å². The maximum Gasteiger partial charge on any atom is 0.392 e. The molecular weight excluding hydrogens is 179 g/mol. The molecule has 0 radical (unpaired) electrons. The summed E-state index contributed by atoms with van der Waals surface area (Å²) in [7, 11) is -2.59. The minimum atomic E-state index is -2.97. The minimum absolute atomic E-state index is 0.386. The average molecular weight is 192 g/mol. The van der Waals surface area contributed by atoms with E-state index in [0.29, 0.717) is 10.5 Å². The number of rotatable bonds is 4. The van der Waals surface area contributed by atoms with E-state index in [1.165, 1.54) is 5.82 Å². The van der Waals surface area contributed by atoms with E-state index >= 15 is 0 Å². The van der Waals surface area contributed by atoms with Gasteiger partial charge in [-0.25, -0.2) is 4.57 Å². The van der Waals surface area contributed by atoms with E-state index in [-0.39, 0.29) is 0 Å². The molecule has 0 N–H and O–H groups in total. The highest BCUT2D eigenvalue weighted by molar-refractivity contribution is 7.58. The van der Waals surface area contributed by atoms with Crippen LogP contribution in [0.2, 0.25) is 0 Å². The highest BCUT2D eigenvalue weighted by Gasteiger charge is 2.16. The van der Waals surface area contributed by atoms with Gasteiger partial charge in [-0.15, -0.1) is 0 Å². The van der Waals surface area contributed by atoms with Gasteiger partial charge in [0.05, 0.1) is 6.26 Å². The van der Waals surface area contributed by atoms with Crippen molar-refractivity contribution < 1.29 is 13.3 Å². The SMILES string of the molecule is C=COP(=O)(C=C(C)C)O[SiH3]. The molecule has 0 rings (SSSR count). The van der Waals surface area contributed by atoms with Gasteiger partial charge < -0.3 is 8.74 Å². The molecule has 0 spiro atoms. The van der Waals surface area contributed by atoms with Gasteiger partial charge in [0.1, 0.15) is 0 Å². The third kappa shape index (κ3) is 4.19. The summed E-state index contributed by atoms with van der Waals surface area (Å²) in [6, 6.07) is 0. The molecule has 0 aliphatic heterocycles. The molecule has 0 amide bonds. The van der Waals surface area contributed by atoms with Gasteiger partial charge in [-0.1, -0.05) is 12.2 Å². The molecule has 64 valence electrons. The number of allylic oxidation sites excluding steroid dienone is 1. The Bertz CT molecular complexity index is 208. The molecule has 0 aliphatic carbocycles. The molecule has 3 nitrogen and oxygen atoms in total. The quantitative estimate of drug-likeness (QED) is 0.385. The third-order valence-corrected chi connectivity index (χ3v) is 4.20. The van der Waals surface area contributed by atoms with Crippen molar-refractivity contribution in [2.75, 3.05) is 0 Å². The van der Waals surface area contributed by atoms with E-state index in [1.54, 1.807) is 0 Å². The normalized spacial score (nSPS) is 15.1. The van der Waals surface area contributed by atoms with Crippen molar-refractivity contribution in [2.24, 2.45) is 0 Å². The molecule has 0 aromatic carbocycles. The Hall–Kier alpha value is -0.313. The van der Waals surface area contributed by atoms with Gasteiger partial charge in [-0.2, -0.15) is 0 Å². The molecule has 1 unspecified atom stereocenters. The van der Waals surface area contributed by atoms with E-state index < -0.39 is 7.60 Å². The van der Waals surface area contributed by atoms with Crippen LogP contribution in [0.5, 0.6) is 0 Å². The molecule has 0 aromatic heterocycles. The van der Waals surface area contributed by atoms with Crippen LogP contribution in [-0.2, 0) is 13.3 Å². The zero-order valence-corrected chi connectivity index (χ0v) is 9.93. The lowest BCUT2D eigenvalue weighted by molar-refractivity contribution is 0.378. The summed E-state index contributed by atoms with van der Waals surface area (Å²) in [4.78, 5) is 0. The molecule has 0 saturated heterocycles. The van der Waals surface area contributed by atoms with Gasteiger partial charge in [-0.3, -0.25) is 0 Å². The molecule has 0 fully saturated rings. The maximum atomic E-state index is 11.4. The predicted octanol–water partition coefficient (Wildman–Crippen LogP) is 1.56. The maximum absolute atomic E-state index is 11.4. The monoisotopic (exact) mass is 192 g/mol. The summed E-state index contributed by atoms with van der Waals surface area (Å²) < 4.78 is 21.0. The second kappa shape index (κ2) is 4.54. The third-order valence-electron chi connectivity index (χ3n) is 0.892. The van der Waals surface area contributed by atoms with E-state index in [1.807, 2.05) is 13.8 Å². The first kappa shape index (κ1) is 10.7. The molecule has 0 heterocycles. The molecule has 0 aliphatic rings. The first-order valence-electron chi connectivity index (χ1n) is 3.15. The molecule has 0 aromatic rings.